The van der Waals surface area contributed by atoms with Gasteiger partial charge in [-0.05, 0) is 60.9 Å². The minimum Gasteiger partial charge on any atom is -0.475 e. The first-order valence-electron chi connectivity index (χ1n) is 8.06. The van der Waals surface area contributed by atoms with Crippen molar-refractivity contribution >= 4 is 34.1 Å². The Labute approximate surface area is 156 Å². The highest BCUT2D eigenvalue weighted by Gasteiger charge is 1.99. The van der Waals surface area contributed by atoms with Crippen LogP contribution in [0.5, 0.6) is 11.5 Å². The topological polar surface area (TPSA) is 52.6 Å². The molecule has 0 aliphatic carbocycles. The normalized spacial score (nSPS) is 12.6. The highest BCUT2D eigenvalue weighted by atomic mass is 31.1. The van der Waals surface area contributed by atoms with E-state index >= 15 is 0 Å². The maximum atomic E-state index is 12.0. The van der Waals surface area contributed by atoms with Crippen molar-refractivity contribution < 1.29 is 18.4 Å². The van der Waals surface area contributed by atoms with Gasteiger partial charge in [0.2, 0.25) is 8.03 Å². The Kier molecular flexibility index (Phi) is 7.84. The molecular formula is C20H22O4P2. The van der Waals surface area contributed by atoms with E-state index < -0.39 is 16.2 Å². The number of carbonyl (C=O) groups excluding carboxylic acids is 1. The van der Waals surface area contributed by atoms with Gasteiger partial charge in [-0.2, -0.15) is 0 Å². The summed E-state index contributed by atoms with van der Waals surface area (Å²) in [5.41, 5.74) is 1.71. The molecule has 0 aromatic heterocycles. The van der Waals surface area contributed by atoms with Crippen LogP contribution in [0.3, 0.4) is 0 Å². The highest BCUT2D eigenvalue weighted by Crippen LogP contribution is 2.30. The van der Waals surface area contributed by atoms with E-state index in [9.17, 15) is 9.36 Å². The summed E-state index contributed by atoms with van der Waals surface area (Å²) in [5, 5.41) is 0. The third-order valence-electron chi connectivity index (χ3n) is 3.15. The molecule has 0 radical (unpaired) electrons. The van der Waals surface area contributed by atoms with Gasteiger partial charge in [-0.1, -0.05) is 36.4 Å². The lowest BCUT2D eigenvalue weighted by Crippen LogP contribution is -1.87. The Bertz CT molecular complexity index is 841. The van der Waals surface area contributed by atoms with Crippen LogP contribution < -0.4 is 9.05 Å². The Hall–Kier alpha value is -2.15. The van der Waals surface area contributed by atoms with Gasteiger partial charge in [0.05, 0.1) is 8.15 Å². The summed E-state index contributed by atoms with van der Waals surface area (Å²) in [4.78, 5) is 12.0. The van der Waals surface area contributed by atoms with Crippen LogP contribution in [-0.4, -0.2) is 25.8 Å². The summed E-state index contributed by atoms with van der Waals surface area (Å²) >= 11 is 0. The zero-order valence-corrected chi connectivity index (χ0v) is 16.9. The molecule has 2 rings (SSSR count). The van der Waals surface area contributed by atoms with Crippen molar-refractivity contribution in [1.82, 2.24) is 0 Å². The molecule has 2 aromatic rings. The van der Waals surface area contributed by atoms with Crippen molar-refractivity contribution in [3.63, 3.8) is 0 Å². The predicted octanol–water partition coefficient (Wildman–Crippen LogP) is 5.50. The van der Waals surface area contributed by atoms with Crippen LogP contribution in [0.2, 0.25) is 0 Å². The minimum atomic E-state index is -2.05. The summed E-state index contributed by atoms with van der Waals surface area (Å²) in [6, 6.07) is 14.8. The maximum absolute atomic E-state index is 12.0. The molecule has 0 N–H and O–H groups in total. The fourth-order valence-electron chi connectivity index (χ4n) is 2.15. The molecular weight excluding hydrogens is 366 g/mol. The second-order valence-electron chi connectivity index (χ2n) is 5.71. The van der Waals surface area contributed by atoms with Crippen molar-refractivity contribution in [1.29, 1.82) is 0 Å². The summed E-state index contributed by atoms with van der Waals surface area (Å²) in [7, 11) is -2.53. The van der Waals surface area contributed by atoms with Crippen LogP contribution >= 0.6 is 16.2 Å². The van der Waals surface area contributed by atoms with Gasteiger partial charge in [-0.25, -0.2) is 0 Å². The molecule has 0 amide bonds. The third kappa shape index (κ3) is 7.39. The van der Waals surface area contributed by atoms with Crippen LogP contribution in [0.1, 0.15) is 11.1 Å². The molecule has 0 saturated heterocycles. The number of hydrogen-bond acceptors (Lipinski definition) is 4. The zero-order chi connectivity index (χ0) is 18.9. The quantitative estimate of drug-likeness (QED) is 0.443. The lowest BCUT2D eigenvalue weighted by Gasteiger charge is -2.09. The molecule has 0 aliphatic heterocycles. The molecule has 0 fully saturated rings. The molecule has 0 spiro atoms. The second kappa shape index (κ2) is 10.1. The van der Waals surface area contributed by atoms with Gasteiger partial charge in [0.15, 0.2) is 5.78 Å². The summed E-state index contributed by atoms with van der Waals surface area (Å²) < 4.78 is 22.1. The fourth-order valence-corrected chi connectivity index (χ4v) is 3.14. The summed E-state index contributed by atoms with van der Waals surface area (Å²) in [6.45, 7) is 5.60. The zero-order valence-electron chi connectivity index (χ0n) is 15.0. The molecule has 0 aliphatic rings. The molecule has 2 aromatic carbocycles. The van der Waals surface area contributed by atoms with E-state index in [-0.39, 0.29) is 5.78 Å². The van der Waals surface area contributed by atoms with E-state index in [1.807, 2.05) is 43.7 Å². The number of carbonyl (C=O) groups is 1. The summed E-state index contributed by atoms with van der Waals surface area (Å²) in [5.74, 6) is 1.21. The molecule has 136 valence electrons. The molecule has 0 saturated carbocycles. The number of allylic oxidation sites excluding steroid dienone is 2. The molecule has 1 atom stereocenters. The first-order valence-corrected chi connectivity index (χ1v) is 12.0. The van der Waals surface area contributed by atoms with Gasteiger partial charge in [0.25, 0.3) is 0 Å². The van der Waals surface area contributed by atoms with Crippen LogP contribution in [-0.2, 0) is 9.36 Å². The van der Waals surface area contributed by atoms with E-state index in [1.54, 1.807) is 30.4 Å². The van der Waals surface area contributed by atoms with Crippen molar-refractivity contribution in [2.24, 2.45) is 0 Å². The van der Waals surface area contributed by atoms with Crippen molar-refractivity contribution in [3.05, 3.63) is 71.8 Å². The van der Waals surface area contributed by atoms with Crippen LogP contribution in [0.4, 0.5) is 0 Å². The first kappa shape index (κ1) is 20.2. The lowest BCUT2D eigenvalue weighted by atomic mass is 10.1. The Morgan fingerprint density at radius 1 is 0.962 bits per heavy atom. The Morgan fingerprint density at radius 3 is 2.04 bits per heavy atom. The minimum absolute atomic E-state index is 0.125. The SMILES string of the molecule is CP(C)Oc1cccc(/C=C/C(=O)/C=C/c2cccc(O[PH](C)=O)c2)c1. The van der Waals surface area contributed by atoms with E-state index in [0.717, 1.165) is 16.9 Å². The van der Waals surface area contributed by atoms with Gasteiger partial charge >= 0.3 is 0 Å². The van der Waals surface area contributed by atoms with E-state index in [2.05, 4.69) is 0 Å². The van der Waals surface area contributed by atoms with Gasteiger partial charge in [0.1, 0.15) is 11.5 Å². The van der Waals surface area contributed by atoms with Gasteiger partial charge in [-0.15, -0.1) is 0 Å². The second-order valence-corrected chi connectivity index (χ2v) is 8.71. The highest BCUT2D eigenvalue weighted by molar-refractivity contribution is 7.51. The number of rotatable bonds is 8. The molecule has 1 unspecified atom stereocenters. The first-order chi connectivity index (χ1) is 12.4. The standard InChI is InChI=1S/C20H22O4P2/c1-25(2)23-19-8-4-6-16(14-19)10-12-18(21)13-11-17-7-5-9-20(15-17)24-26(3)22/h4-15,26H,1-3H3/b12-10+,13-11+. The van der Waals surface area contributed by atoms with Crippen molar-refractivity contribution in [3.8, 4) is 11.5 Å². The average molecular weight is 388 g/mol. The number of benzene rings is 2. The monoisotopic (exact) mass is 388 g/mol. The number of ketones is 1. The van der Waals surface area contributed by atoms with Crippen molar-refractivity contribution in [2.75, 3.05) is 20.0 Å². The molecule has 0 bridgehead atoms. The maximum Gasteiger partial charge on any atom is 0.233 e. The van der Waals surface area contributed by atoms with Gasteiger partial charge < -0.3 is 9.05 Å². The van der Waals surface area contributed by atoms with Gasteiger partial charge in [0, 0.05) is 6.66 Å². The summed E-state index contributed by atoms with van der Waals surface area (Å²) in [6.07, 6.45) is 6.47. The average Bonchev–Trinajstić information content (AvgIpc) is 2.58. The van der Waals surface area contributed by atoms with Crippen LogP contribution in [0, 0.1) is 0 Å². The van der Waals surface area contributed by atoms with Crippen molar-refractivity contribution in [2.45, 2.75) is 0 Å². The van der Waals surface area contributed by atoms with Crippen LogP contribution in [0.25, 0.3) is 12.2 Å². The Balaban J connectivity index is 2.01. The fraction of sp³-hybridized carbons (Fsp3) is 0.150. The molecule has 6 heteroatoms. The van der Waals surface area contributed by atoms with Crippen LogP contribution in [0.15, 0.2) is 60.7 Å². The third-order valence-corrected chi connectivity index (χ3v) is 4.24. The smallest absolute Gasteiger partial charge is 0.233 e. The molecule has 0 heterocycles. The van der Waals surface area contributed by atoms with E-state index in [4.69, 9.17) is 9.05 Å². The van der Waals surface area contributed by atoms with E-state index in [1.165, 1.54) is 18.8 Å². The predicted molar refractivity (Wildman–Crippen MR) is 111 cm³/mol. The van der Waals surface area contributed by atoms with E-state index in [0.29, 0.717) is 5.75 Å². The lowest BCUT2D eigenvalue weighted by molar-refractivity contribution is -0.110. The molecule has 26 heavy (non-hydrogen) atoms. The number of hydrogen-bond donors (Lipinski definition) is 0. The Morgan fingerprint density at radius 2 is 1.50 bits per heavy atom. The molecule has 4 nitrogen and oxygen atoms in total. The van der Waals surface area contributed by atoms with Gasteiger partial charge in [-0.3, -0.25) is 9.36 Å². The largest absolute Gasteiger partial charge is 0.475 e.